The molecule has 0 aliphatic heterocycles. The standard InChI is InChI=1S/C23H14F3NO3/c24-23(25,26)19-11-5-10-17-20(18(22(28)29)13-27-21(17)19)14-6-4-9-16(12-14)30-15-7-2-1-3-8-15/h1-13H,(H,28,29). The van der Waals surface area contributed by atoms with E-state index >= 15 is 0 Å². The minimum absolute atomic E-state index is 0.0987. The largest absolute Gasteiger partial charge is 0.478 e. The zero-order valence-electron chi connectivity index (χ0n) is 15.4. The first-order chi connectivity index (χ1) is 14.3. The topological polar surface area (TPSA) is 59.4 Å². The van der Waals surface area contributed by atoms with E-state index in [-0.39, 0.29) is 22.0 Å². The van der Waals surface area contributed by atoms with Crippen LogP contribution >= 0.6 is 0 Å². The number of hydrogen-bond acceptors (Lipinski definition) is 3. The van der Waals surface area contributed by atoms with E-state index < -0.39 is 17.7 Å². The molecule has 7 heteroatoms. The maximum absolute atomic E-state index is 13.4. The average Bonchev–Trinajstić information content (AvgIpc) is 2.72. The van der Waals surface area contributed by atoms with Gasteiger partial charge in [-0.15, -0.1) is 0 Å². The van der Waals surface area contributed by atoms with Gasteiger partial charge in [-0.05, 0) is 35.9 Å². The Hall–Kier alpha value is -3.87. The minimum atomic E-state index is -4.62. The molecule has 4 rings (SSSR count). The molecular weight excluding hydrogens is 395 g/mol. The number of halogens is 3. The van der Waals surface area contributed by atoms with E-state index in [2.05, 4.69) is 4.98 Å². The number of carboxylic acid groups (broad SMARTS) is 1. The minimum Gasteiger partial charge on any atom is -0.478 e. The highest BCUT2D eigenvalue weighted by Gasteiger charge is 2.34. The third-order valence-electron chi connectivity index (χ3n) is 4.53. The number of alkyl halides is 3. The monoisotopic (exact) mass is 409 g/mol. The van der Waals surface area contributed by atoms with E-state index in [0.717, 1.165) is 12.3 Å². The first kappa shape index (κ1) is 19.4. The van der Waals surface area contributed by atoms with Crippen LogP contribution in [0.5, 0.6) is 11.5 Å². The first-order valence-electron chi connectivity index (χ1n) is 8.90. The summed E-state index contributed by atoms with van der Waals surface area (Å²) < 4.78 is 46.1. The van der Waals surface area contributed by atoms with E-state index in [1.54, 1.807) is 48.5 Å². The van der Waals surface area contributed by atoms with Gasteiger partial charge in [0, 0.05) is 17.1 Å². The smallest absolute Gasteiger partial charge is 0.418 e. The molecule has 0 amide bonds. The van der Waals surface area contributed by atoms with E-state index in [1.165, 1.54) is 12.1 Å². The molecule has 0 bridgehead atoms. The van der Waals surface area contributed by atoms with Crippen molar-refractivity contribution in [1.82, 2.24) is 4.98 Å². The summed E-state index contributed by atoms with van der Waals surface area (Å²) >= 11 is 0. The molecular formula is C23H14F3NO3. The molecule has 1 N–H and O–H groups in total. The lowest BCUT2D eigenvalue weighted by molar-refractivity contribution is -0.136. The Balaban J connectivity index is 1.92. The fourth-order valence-corrected chi connectivity index (χ4v) is 3.26. The Bertz CT molecular complexity index is 1240. The van der Waals surface area contributed by atoms with Crippen molar-refractivity contribution in [2.24, 2.45) is 0 Å². The molecule has 0 unspecified atom stereocenters. The van der Waals surface area contributed by atoms with Gasteiger partial charge in [0.25, 0.3) is 0 Å². The number of aromatic nitrogens is 1. The van der Waals surface area contributed by atoms with Gasteiger partial charge < -0.3 is 9.84 Å². The highest BCUT2D eigenvalue weighted by atomic mass is 19.4. The van der Waals surface area contributed by atoms with Gasteiger partial charge in [0.15, 0.2) is 0 Å². The molecule has 1 heterocycles. The Morgan fingerprint density at radius 2 is 1.60 bits per heavy atom. The SMILES string of the molecule is O=C(O)c1cnc2c(C(F)(F)F)cccc2c1-c1cccc(Oc2ccccc2)c1. The third kappa shape index (κ3) is 3.69. The number of ether oxygens (including phenoxy) is 1. The molecule has 0 saturated heterocycles. The van der Waals surface area contributed by atoms with Gasteiger partial charge in [0.2, 0.25) is 0 Å². The predicted octanol–water partition coefficient (Wildman–Crippen LogP) is 6.41. The van der Waals surface area contributed by atoms with Crippen molar-refractivity contribution in [3.8, 4) is 22.6 Å². The number of hydrogen-bond donors (Lipinski definition) is 1. The second-order valence-corrected chi connectivity index (χ2v) is 6.49. The Morgan fingerprint density at radius 1 is 0.900 bits per heavy atom. The van der Waals surface area contributed by atoms with Crippen molar-refractivity contribution in [2.75, 3.05) is 0 Å². The first-order valence-corrected chi connectivity index (χ1v) is 8.90. The van der Waals surface area contributed by atoms with Crippen LogP contribution in [0.25, 0.3) is 22.0 Å². The normalized spacial score (nSPS) is 11.4. The fourth-order valence-electron chi connectivity index (χ4n) is 3.26. The van der Waals surface area contributed by atoms with Crippen LogP contribution < -0.4 is 4.74 Å². The van der Waals surface area contributed by atoms with Crippen molar-refractivity contribution in [2.45, 2.75) is 6.18 Å². The number of carbonyl (C=O) groups is 1. The van der Waals surface area contributed by atoms with Gasteiger partial charge in [-0.25, -0.2) is 4.79 Å². The molecule has 0 aliphatic rings. The molecule has 150 valence electrons. The van der Waals surface area contributed by atoms with E-state index in [1.807, 2.05) is 6.07 Å². The molecule has 4 nitrogen and oxygen atoms in total. The van der Waals surface area contributed by atoms with Crippen LogP contribution in [0.3, 0.4) is 0 Å². The van der Waals surface area contributed by atoms with Crippen LogP contribution in [-0.2, 0) is 6.18 Å². The molecule has 1 aromatic heterocycles. The van der Waals surface area contributed by atoms with Crippen molar-refractivity contribution in [3.63, 3.8) is 0 Å². The van der Waals surface area contributed by atoms with Crippen molar-refractivity contribution < 1.29 is 27.8 Å². The zero-order chi connectivity index (χ0) is 21.3. The molecule has 0 radical (unpaired) electrons. The summed E-state index contributed by atoms with van der Waals surface area (Å²) in [4.78, 5) is 15.6. The van der Waals surface area contributed by atoms with Crippen LogP contribution in [0.2, 0.25) is 0 Å². The molecule has 0 aliphatic carbocycles. The molecule has 0 spiro atoms. The van der Waals surface area contributed by atoms with Crippen LogP contribution in [0, 0.1) is 0 Å². The van der Waals surface area contributed by atoms with Crippen LogP contribution in [0.4, 0.5) is 13.2 Å². The van der Waals surface area contributed by atoms with Crippen LogP contribution in [-0.4, -0.2) is 16.1 Å². The van der Waals surface area contributed by atoms with Crippen molar-refractivity contribution in [1.29, 1.82) is 0 Å². The number of fused-ring (bicyclic) bond motifs is 1. The Morgan fingerprint density at radius 3 is 2.30 bits per heavy atom. The number of nitrogens with zero attached hydrogens (tertiary/aromatic N) is 1. The molecule has 3 aromatic carbocycles. The predicted molar refractivity (Wildman–Crippen MR) is 106 cm³/mol. The highest BCUT2D eigenvalue weighted by Crippen LogP contribution is 2.39. The van der Waals surface area contributed by atoms with Crippen molar-refractivity contribution in [3.05, 3.63) is 90.1 Å². The maximum atomic E-state index is 13.4. The van der Waals surface area contributed by atoms with E-state index in [9.17, 15) is 23.1 Å². The van der Waals surface area contributed by atoms with Gasteiger partial charge in [-0.3, -0.25) is 4.98 Å². The van der Waals surface area contributed by atoms with Crippen LogP contribution in [0.1, 0.15) is 15.9 Å². The molecule has 0 fully saturated rings. The van der Waals surface area contributed by atoms with E-state index in [0.29, 0.717) is 17.1 Å². The van der Waals surface area contributed by atoms with Crippen LogP contribution in [0.15, 0.2) is 79.0 Å². The second-order valence-electron chi connectivity index (χ2n) is 6.49. The quantitative estimate of drug-likeness (QED) is 0.423. The lowest BCUT2D eigenvalue weighted by Crippen LogP contribution is -2.08. The summed E-state index contributed by atoms with van der Waals surface area (Å²) in [5, 5.41) is 9.73. The summed E-state index contributed by atoms with van der Waals surface area (Å²) in [6.07, 6.45) is -3.66. The molecule has 30 heavy (non-hydrogen) atoms. The lowest BCUT2D eigenvalue weighted by Gasteiger charge is -2.15. The Labute approximate surface area is 169 Å². The number of benzene rings is 3. The summed E-state index contributed by atoms with van der Waals surface area (Å²) in [6.45, 7) is 0. The summed E-state index contributed by atoms with van der Waals surface area (Å²) in [5.41, 5.74) is -0.863. The fraction of sp³-hybridized carbons (Fsp3) is 0.0435. The summed E-state index contributed by atoms with van der Waals surface area (Å²) in [5.74, 6) is -0.287. The summed E-state index contributed by atoms with van der Waals surface area (Å²) in [6, 6.07) is 19.1. The Kier molecular flexibility index (Phi) is 4.87. The molecule has 4 aromatic rings. The highest BCUT2D eigenvalue weighted by molar-refractivity contribution is 6.07. The average molecular weight is 409 g/mol. The van der Waals surface area contributed by atoms with Gasteiger partial charge in [-0.1, -0.05) is 42.5 Å². The number of para-hydroxylation sites is 2. The third-order valence-corrected chi connectivity index (χ3v) is 4.53. The van der Waals surface area contributed by atoms with Gasteiger partial charge >= 0.3 is 12.1 Å². The zero-order valence-corrected chi connectivity index (χ0v) is 15.4. The summed E-state index contributed by atoms with van der Waals surface area (Å²) in [7, 11) is 0. The van der Waals surface area contributed by atoms with Gasteiger partial charge in [0.05, 0.1) is 16.6 Å². The number of pyridine rings is 1. The lowest BCUT2D eigenvalue weighted by atomic mass is 9.94. The van der Waals surface area contributed by atoms with Crippen molar-refractivity contribution >= 4 is 16.9 Å². The maximum Gasteiger partial charge on any atom is 0.418 e. The number of rotatable bonds is 4. The molecule has 0 saturated carbocycles. The molecule has 0 atom stereocenters. The number of carboxylic acids is 1. The van der Waals surface area contributed by atoms with Gasteiger partial charge in [0.1, 0.15) is 11.5 Å². The second kappa shape index (κ2) is 7.51. The van der Waals surface area contributed by atoms with Gasteiger partial charge in [-0.2, -0.15) is 13.2 Å². The van der Waals surface area contributed by atoms with E-state index in [4.69, 9.17) is 4.74 Å². The number of aromatic carboxylic acids is 1.